The highest BCUT2D eigenvalue weighted by Crippen LogP contribution is 2.31. The molecule has 0 bridgehead atoms. The molecule has 0 aromatic heterocycles. The largest absolute Gasteiger partial charge is 0.328 e. The van der Waals surface area contributed by atoms with Gasteiger partial charge in [0, 0.05) is 12.6 Å². The minimum absolute atomic E-state index is 0.497. The molecular weight excluding hydrogens is 196 g/mol. The molecule has 1 aliphatic carbocycles. The summed E-state index contributed by atoms with van der Waals surface area (Å²) in [5.41, 5.74) is 6.54. The predicted molar refractivity (Wildman–Crippen MR) is 69.4 cm³/mol. The maximum absolute atomic E-state index is 5.95. The second kappa shape index (κ2) is 5.05. The van der Waals surface area contributed by atoms with E-state index in [0.29, 0.717) is 11.5 Å². The summed E-state index contributed by atoms with van der Waals surface area (Å²) < 4.78 is 0. The summed E-state index contributed by atoms with van der Waals surface area (Å²) in [6, 6.07) is 0.497. The fourth-order valence-electron chi connectivity index (χ4n) is 3.08. The molecule has 2 fully saturated rings. The van der Waals surface area contributed by atoms with Gasteiger partial charge in [-0.25, -0.2) is 0 Å². The van der Waals surface area contributed by atoms with Crippen molar-refractivity contribution in [1.29, 1.82) is 0 Å². The SMILES string of the molecule is CC1(C)CCN(CC2CCC(N)CC2)CC1. The van der Waals surface area contributed by atoms with Crippen LogP contribution in [0, 0.1) is 11.3 Å². The molecule has 2 nitrogen and oxygen atoms in total. The Morgan fingerprint density at radius 1 is 1.06 bits per heavy atom. The Labute approximate surface area is 101 Å². The van der Waals surface area contributed by atoms with Crippen molar-refractivity contribution in [1.82, 2.24) is 4.90 Å². The number of piperidine rings is 1. The quantitative estimate of drug-likeness (QED) is 0.781. The van der Waals surface area contributed by atoms with Crippen LogP contribution in [0.5, 0.6) is 0 Å². The third kappa shape index (κ3) is 3.46. The number of nitrogens with zero attached hydrogens (tertiary/aromatic N) is 1. The molecule has 0 aromatic carbocycles. The monoisotopic (exact) mass is 224 g/mol. The molecular formula is C14H28N2. The van der Waals surface area contributed by atoms with Gasteiger partial charge >= 0.3 is 0 Å². The van der Waals surface area contributed by atoms with Crippen molar-refractivity contribution in [2.24, 2.45) is 17.1 Å². The van der Waals surface area contributed by atoms with Crippen LogP contribution < -0.4 is 5.73 Å². The second-order valence-electron chi connectivity index (χ2n) is 6.75. The molecule has 0 amide bonds. The third-order valence-corrected chi connectivity index (χ3v) is 4.62. The third-order valence-electron chi connectivity index (χ3n) is 4.62. The molecule has 1 heterocycles. The van der Waals surface area contributed by atoms with E-state index in [-0.39, 0.29) is 0 Å². The van der Waals surface area contributed by atoms with Gasteiger partial charge in [-0.2, -0.15) is 0 Å². The van der Waals surface area contributed by atoms with Crippen molar-refractivity contribution in [3.05, 3.63) is 0 Å². The van der Waals surface area contributed by atoms with Crippen molar-refractivity contribution in [2.75, 3.05) is 19.6 Å². The number of nitrogens with two attached hydrogens (primary N) is 1. The van der Waals surface area contributed by atoms with Gasteiger partial charge in [0.25, 0.3) is 0 Å². The fourth-order valence-corrected chi connectivity index (χ4v) is 3.08. The number of rotatable bonds is 2. The van der Waals surface area contributed by atoms with Crippen LogP contribution in [-0.2, 0) is 0 Å². The van der Waals surface area contributed by atoms with Crippen LogP contribution >= 0.6 is 0 Å². The van der Waals surface area contributed by atoms with E-state index in [4.69, 9.17) is 5.73 Å². The molecule has 0 unspecified atom stereocenters. The lowest BCUT2D eigenvalue weighted by Crippen LogP contribution is -2.41. The summed E-state index contributed by atoms with van der Waals surface area (Å²) in [7, 11) is 0. The zero-order chi connectivity index (χ0) is 11.6. The van der Waals surface area contributed by atoms with Crippen LogP contribution in [0.15, 0.2) is 0 Å². The summed E-state index contributed by atoms with van der Waals surface area (Å²) in [5.74, 6) is 0.931. The van der Waals surface area contributed by atoms with Crippen LogP contribution in [0.1, 0.15) is 52.4 Å². The minimum atomic E-state index is 0.497. The molecule has 2 heteroatoms. The highest BCUT2D eigenvalue weighted by atomic mass is 15.1. The van der Waals surface area contributed by atoms with Gasteiger partial charge in [-0.15, -0.1) is 0 Å². The van der Waals surface area contributed by atoms with Crippen molar-refractivity contribution < 1.29 is 0 Å². The highest BCUT2D eigenvalue weighted by Gasteiger charge is 2.27. The van der Waals surface area contributed by atoms with Gasteiger partial charge in [0.2, 0.25) is 0 Å². The van der Waals surface area contributed by atoms with Gasteiger partial charge in [0.05, 0.1) is 0 Å². The first-order valence-corrected chi connectivity index (χ1v) is 7.03. The lowest BCUT2D eigenvalue weighted by atomic mass is 9.81. The van der Waals surface area contributed by atoms with E-state index < -0.39 is 0 Å². The molecule has 1 aliphatic heterocycles. The first-order chi connectivity index (χ1) is 7.55. The van der Waals surface area contributed by atoms with E-state index in [2.05, 4.69) is 18.7 Å². The van der Waals surface area contributed by atoms with E-state index in [0.717, 1.165) is 5.92 Å². The first-order valence-electron chi connectivity index (χ1n) is 7.03. The molecule has 0 spiro atoms. The Balaban J connectivity index is 1.71. The van der Waals surface area contributed by atoms with E-state index in [1.807, 2.05) is 0 Å². The molecule has 2 aliphatic rings. The van der Waals surface area contributed by atoms with Gasteiger partial charge in [-0.05, 0) is 62.9 Å². The summed E-state index contributed by atoms with van der Waals surface area (Å²) >= 11 is 0. The topological polar surface area (TPSA) is 29.3 Å². The summed E-state index contributed by atoms with van der Waals surface area (Å²) in [6.07, 6.45) is 7.98. The van der Waals surface area contributed by atoms with Crippen molar-refractivity contribution in [3.8, 4) is 0 Å². The van der Waals surface area contributed by atoms with Crippen molar-refractivity contribution >= 4 is 0 Å². The Morgan fingerprint density at radius 2 is 1.62 bits per heavy atom. The summed E-state index contributed by atoms with van der Waals surface area (Å²) in [4.78, 5) is 2.69. The van der Waals surface area contributed by atoms with Crippen LogP contribution in [0.4, 0.5) is 0 Å². The average Bonchev–Trinajstić information content (AvgIpc) is 2.24. The number of likely N-dealkylation sites (tertiary alicyclic amines) is 1. The van der Waals surface area contributed by atoms with Crippen LogP contribution in [0.3, 0.4) is 0 Å². The first kappa shape index (κ1) is 12.4. The Kier molecular flexibility index (Phi) is 3.91. The zero-order valence-electron chi connectivity index (χ0n) is 11.0. The van der Waals surface area contributed by atoms with Crippen molar-refractivity contribution in [3.63, 3.8) is 0 Å². The molecule has 1 saturated heterocycles. The van der Waals surface area contributed by atoms with Crippen molar-refractivity contribution in [2.45, 2.75) is 58.4 Å². The van der Waals surface area contributed by atoms with Gasteiger partial charge in [0.15, 0.2) is 0 Å². The Hall–Kier alpha value is -0.0800. The number of hydrogen-bond acceptors (Lipinski definition) is 2. The zero-order valence-corrected chi connectivity index (χ0v) is 11.0. The molecule has 2 N–H and O–H groups in total. The highest BCUT2D eigenvalue weighted by molar-refractivity contribution is 4.82. The molecule has 0 radical (unpaired) electrons. The maximum atomic E-state index is 5.95. The molecule has 2 rings (SSSR count). The summed E-state index contributed by atoms with van der Waals surface area (Å²) in [6.45, 7) is 8.78. The molecule has 1 saturated carbocycles. The average molecular weight is 224 g/mol. The van der Waals surface area contributed by atoms with Gasteiger partial charge in [-0.1, -0.05) is 13.8 Å². The fraction of sp³-hybridized carbons (Fsp3) is 1.00. The van der Waals surface area contributed by atoms with Gasteiger partial charge in [0.1, 0.15) is 0 Å². The van der Waals surface area contributed by atoms with E-state index in [9.17, 15) is 0 Å². The number of hydrogen-bond donors (Lipinski definition) is 1. The van der Waals surface area contributed by atoms with Crippen LogP contribution in [0.2, 0.25) is 0 Å². The Bertz CT molecular complexity index is 207. The van der Waals surface area contributed by atoms with Gasteiger partial charge < -0.3 is 10.6 Å². The minimum Gasteiger partial charge on any atom is -0.328 e. The Morgan fingerprint density at radius 3 is 2.19 bits per heavy atom. The van der Waals surface area contributed by atoms with E-state index >= 15 is 0 Å². The second-order valence-corrected chi connectivity index (χ2v) is 6.75. The molecule has 94 valence electrons. The lowest BCUT2D eigenvalue weighted by molar-refractivity contribution is 0.107. The molecule has 16 heavy (non-hydrogen) atoms. The van der Waals surface area contributed by atoms with Crippen LogP contribution in [-0.4, -0.2) is 30.6 Å². The van der Waals surface area contributed by atoms with Crippen LogP contribution in [0.25, 0.3) is 0 Å². The normalized spacial score (nSPS) is 36.2. The van der Waals surface area contributed by atoms with Gasteiger partial charge in [-0.3, -0.25) is 0 Å². The van der Waals surface area contributed by atoms with E-state index in [1.165, 1.54) is 58.2 Å². The van der Waals surface area contributed by atoms with E-state index in [1.54, 1.807) is 0 Å². The molecule has 0 atom stereocenters. The maximum Gasteiger partial charge on any atom is 0.00390 e. The molecule has 0 aromatic rings. The summed E-state index contributed by atoms with van der Waals surface area (Å²) in [5, 5.41) is 0. The smallest absolute Gasteiger partial charge is 0.00390 e. The standard InChI is InChI=1S/C14H28N2/c1-14(2)7-9-16(10-8-14)11-12-3-5-13(15)6-4-12/h12-13H,3-11,15H2,1-2H3. The lowest BCUT2D eigenvalue weighted by Gasteiger charge is -2.39. The predicted octanol–water partition coefficient (Wildman–Crippen LogP) is 2.63.